The fourth-order valence-electron chi connectivity index (χ4n) is 3.31. The van der Waals surface area contributed by atoms with Gasteiger partial charge < -0.3 is 15.5 Å². The van der Waals surface area contributed by atoms with E-state index in [1.165, 1.54) is 5.56 Å². The molecular formula is C21H25N3OS. The number of carbonyl (C=O) groups is 1. The van der Waals surface area contributed by atoms with Gasteiger partial charge in [-0.1, -0.05) is 43.3 Å². The Hall–Kier alpha value is -2.40. The maximum atomic E-state index is 12.1. The van der Waals surface area contributed by atoms with Gasteiger partial charge in [-0.05, 0) is 55.2 Å². The van der Waals surface area contributed by atoms with E-state index in [0.29, 0.717) is 11.5 Å². The number of nitrogens with zero attached hydrogens (tertiary/aromatic N) is 1. The first-order valence-electron chi connectivity index (χ1n) is 9.12. The van der Waals surface area contributed by atoms with E-state index < -0.39 is 0 Å². The maximum absolute atomic E-state index is 12.1. The lowest BCUT2D eigenvalue weighted by atomic mass is 10.1. The van der Waals surface area contributed by atoms with Crippen molar-refractivity contribution < 1.29 is 4.79 Å². The molecule has 2 aromatic carbocycles. The van der Waals surface area contributed by atoms with Crippen molar-refractivity contribution in [1.29, 1.82) is 0 Å². The zero-order chi connectivity index (χ0) is 18.5. The third-order valence-electron chi connectivity index (χ3n) is 4.75. The highest BCUT2D eigenvalue weighted by molar-refractivity contribution is 7.80. The lowest BCUT2D eigenvalue weighted by molar-refractivity contribution is -0.117. The standard InChI is InChI=1S/C21H25N3OS/c1-3-18(16-8-5-4-6-9-16)23-21(26)22-17-12-11-15(2)19(14-17)24-13-7-10-20(24)25/h4-6,8-9,11-12,14,18H,3,7,10,13H2,1-2H3,(H2,22,23,26). The minimum absolute atomic E-state index is 0.168. The predicted octanol–water partition coefficient (Wildman–Crippen LogP) is 4.56. The molecule has 0 saturated carbocycles. The number of nitrogens with one attached hydrogen (secondary N) is 2. The van der Waals surface area contributed by atoms with Crippen LogP contribution in [0.1, 0.15) is 43.4 Å². The van der Waals surface area contributed by atoms with Gasteiger partial charge in [0.15, 0.2) is 5.11 Å². The molecule has 0 radical (unpaired) electrons. The molecule has 0 spiro atoms. The Morgan fingerprint density at radius 2 is 2.00 bits per heavy atom. The Labute approximate surface area is 160 Å². The number of carbonyl (C=O) groups excluding carboxylic acids is 1. The normalized spacial score (nSPS) is 15.0. The van der Waals surface area contributed by atoms with E-state index in [-0.39, 0.29) is 11.9 Å². The smallest absolute Gasteiger partial charge is 0.227 e. The van der Waals surface area contributed by atoms with Crippen LogP contribution in [0.4, 0.5) is 11.4 Å². The molecule has 1 atom stereocenters. The van der Waals surface area contributed by atoms with Gasteiger partial charge >= 0.3 is 0 Å². The fraction of sp³-hybridized carbons (Fsp3) is 0.333. The molecule has 136 valence electrons. The summed E-state index contributed by atoms with van der Waals surface area (Å²) in [6.45, 7) is 4.96. The third kappa shape index (κ3) is 4.22. The molecule has 5 heteroatoms. The molecule has 1 unspecified atom stereocenters. The molecule has 1 saturated heterocycles. The first-order valence-corrected chi connectivity index (χ1v) is 9.52. The molecule has 26 heavy (non-hydrogen) atoms. The highest BCUT2D eigenvalue weighted by Gasteiger charge is 2.23. The summed E-state index contributed by atoms with van der Waals surface area (Å²) in [6, 6.07) is 16.5. The SMILES string of the molecule is CCC(NC(=S)Nc1ccc(C)c(N2CCCC2=O)c1)c1ccccc1. The molecule has 1 aliphatic heterocycles. The molecule has 1 amide bonds. The van der Waals surface area contributed by atoms with Crippen molar-refractivity contribution in [1.82, 2.24) is 5.32 Å². The number of hydrogen-bond donors (Lipinski definition) is 2. The van der Waals surface area contributed by atoms with Gasteiger partial charge in [0.1, 0.15) is 0 Å². The van der Waals surface area contributed by atoms with Crippen molar-refractivity contribution in [2.24, 2.45) is 0 Å². The van der Waals surface area contributed by atoms with Crippen LogP contribution in [0, 0.1) is 6.92 Å². The molecule has 2 aromatic rings. The number of amides is 1. The van der Waals surface area contributed by atoms with E-state index >= 15 is 0 Å². The number of hydrogen-bond acceptors (Lipinski definition) is 2. The van der Waals surface area contributed by atoms with Crippen LogP contribution in [0.15, 0.2) is 48.5 Å². The van der Waals surface area contributed by atoms with Gasteiger partial charge in [-0.3, -0.25) is 4.79 Å². The Balaban J connectivity index is 1.70. The number of aryl methyl sites for hydroxylation is 1. The van der Waals surface area contributed by atoms with Crippen LogP contribution >= 0.6 is 12.2 Å². The Morgan fingerprint density at radius 1 is 1.23 bits per heavy atom. The quantitative estimate of drug-likeness (QED) is 0.761. The predicted molar refractivity (Wildman–Crippen MR) is 112 cm³/mol. The van der Waals surface area contributed by atoms with Gasteiger partial charge in [-0.25, -0.2) is 0 Å². The molecule has 0 aromatic heterocycles. The van der Waals surface area contributed by atoms with Crippen molar-refractivity contribution in [3.63, 3.8) is 0 Å². The largest absolute Gasteiger partial charge is 0.356 e. The molecular weight excluding hydrogens is 342 g/mol. The Bertz CT molecular complexity index is 791. The summed E-state index contributed by atoms with van der Waals surface area (Å²) >= 11 is 5.51. The molecule has 0 aliphatic carbocycles. The van der Waals surface area contributed by atoms with Crippen LogP contribution in [0.2, 0.25) is 0 Å². The number of benzene rings is 2. The lowest BCUT2D eigenvalue weighted by Gasteiger charge is -2.22. The molecule has 1 heterocycles. The average Bonchev–Trinajstić information content (AvgIpc) is 3.08. The Morgan fingerprint density at radius 3 is 2.65 bits per heavy atom. The second-order valence-electron chi connectivity index (χ2n) is 6.62. The number of thiocarbonyl (C=S) groups is 1. The molecule has 0 bridgehead atoms. The van der Waals surface area contributed by atoms with Gasteiger partial charge in [0.05, 0.1) is 6.04 Å². The summed E-state index contributed by atoms with van der Waals surface area (Å²) in [5.41, 5.74) is 4.17. The second kappa shape index (κ2) is 8.32. The van der Waals surface area contributed by atoms with Crippen LogP contribution in [0.3, 0.4) is 0 Å². The van der Waals surface area contributed by atoms with Crippen LogP contribution in [0.25, 0.3) is 0 Å². The van der Waals surface area contributed by atoms with E-state index in [2.05, 4.69) is 29.7 Å². The maximum Gasteiger partial charge on any atom is 0.227 e. The van der Waals surface area contributed by atoms with Gasteiger partial charge in [0.25, 0.3) is 0 Å². The zero-order valence-corrected chi connectivity index (χ0v) is 16.1. The first kappa shape index (κ1) is 18.4. The van der Waals surface area contributed by atoms with Crippen LogP contribution in [-0.4, -0.2) is 17.6 Å². The highest BCUT2D eigenvalue weighted by atomic mass is 32.1. The van der Waals surface area contributed by atoms with Crippen molar-refractivity contribution in [2.45, 2.75) is 39.2 Å². The van der Waals surface area contributed by atoms with Crippen LogP contribution in [-0.2, 0) is 4.79 Å². The van der Waals surface area contributed by atoms with E-state index in [1.54, 1.807) is 0 Å². The lowest BCUT2D eigenvalue weighted by Crippen LogP contribution is -2.32. The fourth-order valence-corrected chi connectivity index (χ4v) is 3.57. The van der Waals surface area contributed by atoms with E-state index in [9.17, 15) is 4.79 Å². The van der Waals surface area contributed by atoms with Crippen LogP contribution < -0.4 is 15.5 Å². The van der Waals surface area contributed by atoms with Gasteiger partial charge in [-0.15, -0.1) is 0 Å². The minimum atomic E-state index is 0.168. The average molecular weight is 368 g/mol. The van der Waals surface area contributed by atoms with Crippen molar-refractivity contribution in [3.05, 3.63) is 59.7 Å². The van der Waals surface area contributed by atoms with Crippen LogP contribution in [0.5, 0.6) is 0 Å². The zero-order valence-electron chi connectivity index (χ0n) is 15.3. The molecule has 2 N–H and O–H groups in total. The molecule has 1 fully saturated rings. The van der Waals surface area contributed by atoms with Crippen molar-refractivity contribution in [2.75, 3.05) is 16.8 Å². The summed E-state index contributed by atoms with van der Waals surface area (Å²) in [7, 11) is 0. The van der Waals surface area contributed by atoms with E-state index in [1.807, 2.05) is 48.2 Å². The first-order chi connectivity index (χ1) is 12.6. The second-order valence-corrected chi connectivity index (χ2v) is 7.03. The van der Waals surface area contributed by atoms with Crippen molar-refractivity contribution in [3.8, 4) is 0 Å². The van der Waals surface area contributed by atoms with Gasteiger partial charge in [0, 0.05) is 24.3 Å². The minimum Gasteiger partial charge on any atom is -0.356 e. The van der Waals surface area contributed by atoms with E-state index in [4.69, 9.17) is 12.2 Å². The summed E-state index contributed by atoms with van der Waals surface area (Å²) in [6.07, 6.45) is 2.49. The van der Waals surface area contributed by atoms with Gasteiger partial charge in [0.2, 0.25) is 5.91 Å². The third-order valence-corrected chi connectivity index (χ3v) is 4.97. The van der Waals surface area contributed by atoms with E-state index in [0.717, 1.165) is 36.3 Å². The molecule has 3 rings (SSSR count). The topological polar surface area (TPSA) is 44.4 Å². The molecule has 1 aliphatic rings. The Kier molecular flexibility index (Phi) is 5.89. The van der Waals surface area contributed by atoms with Gasteiger partial charge in [-0.2, -0.15) is 0 Å². The molecule has 4 nitrogen and oxygen atoms in total. The van der Waals surface area contributed by atoms with Crippen molar-refractivity contribution >= 4 is 34.6 Å². The summed E-state index contributed by atoms with van der Waals surface area (Å²) in [4.78, 5) is 13.9. The highest BCUT2D eigenvalue weighted by Crippen LogP contribution is 2.28. The monoisotopic (exact) mass is 367 g/mol. The summed E-state index contributed by atoms with van der Waals surface area (Å²) in [5.74, 6) is 0.195. The number of anilines is 2. The summed E-state index contributed by atoms with van der Waals surface area (Å²) in [5, 5.41) is 7.23. The number of rotatable bonds is 5. The summed E-state index contributed by atoms with van der Waals surface area (Å²) < 4.78 is 0.